The number of rotatable bonds is 5. The van der Waals surface area contributed by atoms with Crippen LogP contribution in [0.4, 0.5) is 0 Å². The molecule has 1 amide bonds. The van der Waals surface area contributed by atoms with Crippen molar-refractivity contribution in [1.29, 1.82) is 0 Å². The van der Waals surface area contributed by atoms with Crippen LogP contribution in [0, 0.1) is 0 Å². The van der Waals surface area contributed by atoms with Crippen molar-refractivity contribution in [1.82, 2.24) is 20.4 Å². The monoisotopic (exact) mass is 382 g/mol. The molecule has 0 radical (unpaired) electrons. The molecule has 0 aromatic carbocycles. The van der Waals surface area contributed by atoms with E-state index in [0.29, 0.717) is 25.3 Å². The molecule has 2 N–H and O–H groups in total. The maximum atomic E-state index is 13.2. The minimum Gasteiger partial charge on any atom is -0.376 e. The first-order valence-corrected chi connectivity index (χ1v) is 9.39. The van der Waals surface area contributed by atoms with E-state index in [1.54, 1.807) is 11.3 Å². The Balaban J connectivity index is 0.00000182. The quantitative estimate of drug-likeness (QED) is 0.832. The molecule has 0 bridgehead atoms. The van der Waals surface area contributed by atoms with Crippen LogP contribution in [0.5, 0.6) is 0 Å². The van der Waals surface area contributed by atoms with E-state index < -0.39 is 0 Å². The van der Waals surface area contributed by atoms with Crippen LogP contribution in [0.15, 0.2) is 17.5 Å². The van der Waals surface area contributed by atoms with Crippen molar-refractivity contribution in [2.45, 2.75) is 38.5 Å². The third kappa shape index (κ3) is 4.06. The molecule has 1 fully saturated rings. The van der Waals surface area contributed by atoms with Crippen molar-refractivity contribution in [2.24, 2.45) is 0 Å². The second-order valence-electron chi connectivity index (χ2n) is 6.36. The smallest absolute Gasteiger partial charge is 0.275 e. The Hall–Kier alpha value is -1.41. The fourth-order valence-corrected chi connectivity index (χ4v) is 4.12. The van der Waals surface area contributed by atoms with Gasteiger partial charge in [-0.1, -0.05) is 6.07 Å². The Morgan fingerprint density at radius 3 is 3.16 bits per heavy atom. The summed E-state index contributed by atoms with van der Waals surface area (Å²) in [6.45, 7) is 3.68. The number of thiophene rings is 1. The summed E-state index contributed by atoms with van der Waals surface area (Å²) < 4.78 is 5.75. The summed E-state index contributed by atoms with van der Waals surface area (Å²) in [6, 6.07) is 4.09. The number of ether oxygens (including phenoxy) is 1. The topological polar surface area (TPSA) is 70.2 Å². The minimum absolute atomic E-state index is 0. The molecule has 0 aliphatic carbocycles. The van der Waals surface area contributed by atoms with Crippen LogP contribution in [0.2, 0.25) is 0 Å². The lowest BCUT2D eigenvalue weighted by molar-refractivity contribution is 0.0504. The van der Waals surface area contributed by atoms with Gasteiger partial charge in [0.05, 0.1) is 12.6 Å². The highest BCUT2D eigenvalue weighted by Gasteiger charge is 2.28. The van der Waals surface area contributed by atoms with Crippen LogP contribution in [-0.2, 0) is 24.2 Å². The van der Waals surface area contributed by atoms with Gasteiger partial charge in [-0.15, -0.1) is 23.7 Å². The number of hydrogen-bond acceptors (Lipinski definition) is 5. The number of fused-ring (bicyclic) bond motifs is 1. The van der Waals surface area contributed by atoms with E-state index in [9.17, 15) is 4.79 Å². The van der Waals surface area contributed by atoms with Crippen molar-refractivity contribution < 1.29 is 9.53 Å². The van der Waals surface area contributed by atoms with Crippen LogP contribution in [0.1, 0.15) is 39.5 Å². The van der Waals surface area contributed by atoms with Crippen LogP contribution >= 0.6 is 23.7 Å². The molecule has 1 saturated heterocycles. The molecule has 1 unspecified atom stereocenters. The molecule has 1 atom stereocenters. The standard InChI is InChI=1S/C17H22N4O2S.ClH/c22-17(16-14-9-18-6-5-15(14)19-20-16)21(10-12-3-1-7-23-12)11-13-4-2-8-24-13;/h2,4,8,12,18H,1,3,5-7,9-11H2,(H,19,20);1H. The minimum atomic E-state index is 0. The summed E-state index contributed by atoms with van der Waals surface area (Å²) >= 11 is 1.68. The van der Waals surface area contributed by atoms with Crippen molar-refractivity contribution >= 4 is 29.7 Å². The zero-order chi connectivity index (χ0) is 16.4. The van der Waals surface area contributed by atoms with E-state index >= 15 is 0 Å². The number of H-pyrrole nitrogens is 1. The third-order valence-corrected chi connectivity index (χ3v) is 5.53. The van der Waals surface area contributed by atoms with Crippen molar-refractivity contribution in [3.63, 3.8) is 0 Å². The number of aromatic nitrogens is 2. The first-order chi connectivity index (χ1) is 11.8. The summed E-state index contributed by atoms with van der Waals surface area (Å²) in [5.41, 5.74) is 2.67. The van der Waals surface area contributed by atoms with Gasteiger partial charge >= 0.3 is 0 Å². The molecule has 2 aromatic rings. The van der Waals surface area contributed by atoms with Crippen LogP contribution in [0.3, 0.4) is 0 Å². The van der Waals surface area contributed by atoms with E-state index in [4.69, 9.17) is 4.74 Å². The van der Waals surface area contributed by atoms with E-state index in [1.807, 2.05) is 16.3 Å². The molecule has 0 saturated carbocycles. The number of amides is 1. The average molecular weight is 383 g/mol. The molecule has 4 heterocycles. The Bertz CT molecular complexity index is 698. The lowest BCUT2D eigenvalue weighted by atomic mass is 10.1. The molecule has 6 nitrogen and oxygen atoms in total. The van der Waals surface area contributed by atoms with Crippen LogP contribution in [0.25, 0.3) is 0 Å². The fraction of sp³-hybridized carbons (Fsp3) is 0.529. The molecule has 2 aromatic heterocycles. The fourth-order valence-electron chi connectivity index (χ4n) is 3.40. The summed E-state index contributed by atoms with van der Waals surface area (Å²) in [4.78, 5) is 16.2. The Morgan fingerprint density at radius 2 is 2.40 bits per heavy atom. The van der Waals surface area contributed by atoms with Crippen molar-refractivity contribution in [3.8, 4) is 0 Å². The number of nitrogens with zero attached hydrogens (tertiary/aromatic N) is 2. The van der Waals surface area contributed by atoms with E-state index in [-0.39, 0.29) is 24.4 Å². The number of aromatic amines is 1. The van der Waals surface area contributed by atoms with Gasteiger partial charge in [-0.25, -0.2) is 0 Å². The number of carbonyl (C=O) groups is 1. The largest absolute Gasteiger partial charge is 0.376 e. The number of halogens is 1. The van der Waals surface area contributed by atoms with Gasteiger partial charge in [0.1, 0.15) is 0 Å². The van der Waals surface area contributed by atoms with Gasteiger partial charge in [0.25, 0.3) is 5.91 Å². The lowest BCUT2D eigenvalue weighted by Gasteiger charge is -2.25. The van der Waals surface area contributed by atoms with Crippen molar-refractivity contribution in [2.75, 3.05) is 19.7 Å². The van der Waals surface area contributed by atoms with Crippen LogP contribution in [-0.4, -0.2) is 46.8 Å². The second kappa shape index (κ2) is 8.31. The highest BCUT2D eigenvalue weighted by molar-refractivity contribution is 7.09. The maximum absolute atomic E-state index is 13.2. The van der Waals surface area contributed by atoms with Crippen LogP contribution < -0.4 is 5.32 Å². The lowest BCUT2D eigenvalue weighted by Crippen LogP contribution is -2.38. The molecular formula is C17H23ClN4O2S. The molecular weight excluding hydrogens is 360 g/mol. The Labute approximate surface area is 157 Å². The second-order valence-corrected chi connectivity index (χ2v) is 7.39. The SMILES string of the molecule is Cl.O=C(c1n[nH]c2c1CNCC2)N(Cc1cccs1)CC1CCCO1. The molecule has 4 rings (SSSR count). The van der Waals surface area contributed by atoms with Gasteiger partial charge in [-0.2, -0.15) is 5.10 Å². The van der Waals surface area contributed by atoms with Gasteiger partial charge in [0, 0.05) is 48.8 Å². The third-order valence-electron chi connectivity index (χ3n) is 4.67. The van der Waals surface area contributed by atoms with Gasteiger partial charge in [-0.3, -0.25) is 9.89 Å². The summed E-state index contributed by atoms with van der Waals surface area (Å²) in [6.07, 6.45) is 3.13. The van der Waals surface area contributed by atoms with E-state index in [2.05, 4.69) is 21.6 Å². The highest BCUT2D eigenvalue weighted by atomic mass is 35.5. The zero-order valence-electron chi connectivity index (χ0n) is 14.0. The molecule has 2 aliphatic heterocycles. The van der Waals surface area contributed by atoms with Gasteiger partial charge in [-0.05, 0) is 24.3 Å². The van der Waals surface area contributed by atoms with Gasteiger partial charge in [0.2, 0.25) is 0 Å². The molecule has 0 spiro atoms. The first-order valence-electron chi connectivity index (χ1n) is 8.51. The summed E-state index contributed by atoms with van der Waals surface area (Å²) in [7, 11) is 0. The average Bonchev–Trinajstić information content (AvgIpc) is 3.35. The predicted octanol–water partition coefficient (Wildman–Crippen LogP) is 2.36. The molecule has 8 heteroatoms. The molecule has 136 valence electrons. The molecule has 25 heavy (non-hydrogen) atoms. The Morgan fingerprint density at radius 1 is 1.48 bits per heavy atom. The van der Waals surface area contributed by atoms with E-state index in [1.165, 1.54) is 4.88 Å². The number of hydrogen-bond donors (Lipinski definition) is 2. The predicted molar refractivity (Wildman–Crippen MR) is 99.3 cm³/mol. The Kier molecular flexibility index (Phi) is 6.11. The summed E-state index contributed by atoms with van der Waals surface area (Å²) in [5.74, 6) is 0.0000926. The zero-order valence-corrected chi connectivity index (χ0v) is 15.6. The number of carbonyl (C=O) groups excluding carboxylic acids is 1. The van der Waals surface area contributed by atoms with Gasteiger partial charge in [0.15, 0.2) is 5.69 Å². The van der Waals surface area contributed by atoms with E-state index in [0.717, 1.165) is 43.7 Å². The number of nitrogens with one attached hydrogen (secondary N) is 2. The van der Waals surface area contributed by atoms with Crippen molar-refractivity contribution in [3.05, 3.63) is 39.3 Å². The first kappa shape index (κ1) is 18.4. The maximum Gasteiger partial charge on any atom is 0.275 e. The van der Waals surface area contributed by atoms with Gasteiger partial charge < -0.3 is 15.0 Å². The highest BCUT2D eigenvalue weighted by Crippen LogP contribution is 2.22. The summed E-state index contributed by atoms with van der Waals surface area (Å²) in [5, 5.41) is 12.7. The normalized spacial score (nSPS) is 19.3. The molecule has 2 aliphatic rings.